The second-order valence-corrected chi connectivity index (χ2v) is 8.50. The second-order valence-electron chi connectivity index (χ2n) is 7.51. The lowest BCUT2D eigenvalue weighted by Crippen LogP contribution is -2.58. The summed E-state index contributed by atoms with van der Waals surface area (Å²) in [6.07, 6.45) is -0.639. The summed E-state index contributed by atoms with van der Waals surface area (Å²) in [6, 6.07) is -5.39. The lowest BCUT2D eigenvalue weighted by Gasteiger charge is -2.25. The molecule has 34 heavy (non-hydrogen) atoms. The maximum Gasteiger partial charge on any atom is 0.328 e. The molecule has 0 radical (unpaired) electrons. The summed E-state index contributed by atoms with van der Waals surface area (Å²) in [6.45, 7) is 1.18. The second kappa shape index (κ2) is 15.8. The molecule has 0 aliphatic heterocycles. The zero-order valence-corrected chi connectivity index (χ0v) is 19.8. The monoisotopic (exact) mass is 507 g/mol. The summed E-state index contributed by atoms with van der Waals surface area (Å²) in [5, 5.41) is 34.4. The lowest BCUT2D eigenvalue weighted by atomic mass is 10.1. The molecule has 0 spiro atoms. The zero-order chi connectivity index (χ0) is 26.4. The smallest absolute Gasteiger partial charge is 0.328 e. The Labute approximate surface area is 200 Å². The first-order valence-corrected chi connectivity index (χ1v) is 11.8. The third kappa shape index (κ3) is 12.4. The van der Waals surface area contributed by atoms with E-state index in [1.807, 2.05) is 0 Å². The third-order valence-electron chi connectivity index (χ3n) is 4.61. The van der Waals surface area contributed by atoms with E-state index < -0.39 is 65.8 Å². The molecule has 0 aromatic rings. The van der Waals surface area contributed by atoms with Gasteiger partial charge in [0.2, 0.25) is 23.6 Å². The Hall–Kier alpha value is -2.91. The Morgan fingerprint density at radius 1 is 0.853 bits per heavy atom. The number of rotatable bonds is 17. The first-order valence-electron chi connectivity index (χ1n) is 10.4. The van der Waals surface area contributed by atoms with E-state index in [1.165, 1.54) is 18.7 Å². The number of aliphatic hydroxyl groups excluding tert-OH is 1. The van der Waals surface area contributed by atoms with Gasteiger partial charge in [-0.15, -0.1) is 0 Å². The molecule has 0 aliphatic rings. The number of carbonyl (C=O) groups excluding carboxylic acids is 4. The van der Waals surface area contributed by atoms with Gasteiger partial charge in [-0.25, -0.2) is 4.79 Å². The predicted molar refractivity (Wildman–Crippen MR) is 121 cm³/mol. The highest BCUT2D eigenvalue weighted by atomic mass is 32.2. The zero-order valence-electron chi connectivity index (χ0n) is 19.0. The Kier molecular flexibility index (Phi) is 14.5. The van der Waals surface area contributed by atoms with Crippen molar-refractivity contribution in [2.45, 2.75) is 69.3 Å². The number of nitrogens with two attached hydrogens (primary N) is 2. The molecule has 0 aromatic carbocycles. The molecule has 14 nitrogen and oxygen atoms in total. The van der Waals surface area contributed by atoms with Gasteiger partial charge in [0, 0.05) is 12.8 Å². The number of amides is 4. The molecule has 15 heteroatoms. The molecule has 0 aromatic heterocycles. The van der Waals surface area contributed by atoms with Crippen molar-refractivity contribution in [1.82, 2.24) is 16.0 Å². The Morgan fingerprint density at radius 2 is 1.38 bits per heavy atom. The van der Waals surface area contributed by atoms with Crippen molar-refractivity contribution in [3.05, 3.63) is 0 Å². The van der Waals surface area contributed by atoms with Crippen LogP contribution in [0.25, 0.3) is 0 Å². The van der Waals surface area contributed by atoms with Crippen molar-refractivity contribution in [2.75, 3.05) is 12.0 Å². The highest BCUT2D eigenvalue weighted by molar-refractivity contribution is 7.98. The van der Waals surface area contributed by atoms with Crippen LogP contribution in [0.2, 0.25) is 0 Å². The summed E-state index contributed by atoms with van der Waals surface area (Å²) in [5.41, 5.74) is 10.8. The molecule has 194 valence electrons. The molecule has 5 atom stereocenters. The molecule has 4 amide bonds. The fraction of sp³-hybridized carbons (Fsp3) is 0.684. The van der Waals surface area contributed by atoms with Crippen LogP contribution < -0.4 is 27.4 Å². The van der Waals surface area contributed by atoms with Crippen LogP contribution in [0.15, 0.2) is 0 Å². The van der Waals surface area contributed by atoms with Crippen LogP contribution in [0.1, 0.15) is 39.0 Å². The standard InChI is InChI=1S/C19H33N5O9S/c1-9(25)15(19(32)33)24-18(31)12(7-8-34-2)23-17(30)11(4-5-13(21)26)22-16(29)10(20)3-6-14(27)28/h9-12,15,25H,3-8,20H2,1-2H3,(H2,21,26)(H,22,29)(H,23,30)(H,24,31)(H,27,28)(H,32,33). The molecule has 0 aliphatic carbocycles. The van der Waals surface area contributed by atoms with Crippen molar-refractivity contribution in [1.29, 1.82) is 0 Å². The number of carbonyl (C=O) groups is 6. The van der Waals surface area contributed by atoms with Crippen LogP contribution in [0.4, 0.5) is 0 Å². The average molecular weight is 508 g/mol. The molecular weight excluding hydrogens is 474 g/mol. The van der Waals surface area contributed by atoms with Crippen LogP contribution in [0, 0.1) is 0 Å². The molecule has 5 unspecified atom stereocenters. The fourth-order valence-electron chi connectivity index (χ4n) is 2.66. The van der Waals surface area contributed by atoms with Gasteiger partial charge in [-0.2, -0.15) is 11.8 Å². The number of hydrogen-bond acceptors (Lipinski definition) is 9. The first-order chi connectivity index (χ1) is 15.8. The van der Waals surface area contributed by atoms with Gasteiger partial charge in [-0.1, -0.05) is 0 Å². The number of aliphatic hydroxyl groups is 1. The van der Waals surface area contributed by atoms with Gasteiger partial charge in [-0.3, -0.25) is 24.0 Å². The van der Waals surface area contributed by atoms with E-state index in [-0.39, 0.29) is 32.1 Å². The lowest BCUT2D eigenvalue weighted by molar-refractivity contribution is -0.145. The molecule has 0 heterocycles. The van der Waals surface area contributed by atoms with Crippen LogP contribution in [0.5, 0.6) is 0 Å². The summed E-state index contributed by atoms with van der Waals surface area (Å²) in [5.74, 6) is -5.54. The highest BCUT2D eigenvalue weighted by Crippen LogP contribution is 2.06. The van der Waals surface area contributed by atoms with E-state index in [4.69, 9.17) is 21.7 Å². The Bertz CT molecular complexity index is 750. The highest BCUT2D eigenvalue weighted by Gasteiger charge is 2.31. The van der Waals surface area contributed by atoms with Crippen molar-refractivity contribution >= 4 is 47.3 Å². The number of carboxylic acids is 2. The fourth-order valence-corrected chi connectivity index (χ4v) is 3.14. The predicted octanol–water partition coefficient (Wildman–Crippen LogP) is -2.88. The summed E-state index contributed by atoms with van der Waals surface area (Å²) < 4.78 is 0. The van der Waals surface area contributed by atoms with Gasteiger partial charge >= 0.3 is 11.9 Å². The van der Waals surface area contributed by atoms with Gasteiger partial charge in [0.15, 0.2) is 6.04 Å². The number of nitrogens with one attached hydrogen (secondary N) is 3. The molecule has 0 bridgehead atoms. The van der Waals surface area contributed by atoms with Crippen LogP contribution in [-0.4, -0.2) is 93.2 Å². The average Bonchev–Trinajstić information content (AvgIpc) is 2.74. The summed E-state index contributed by atoms with van der Waals surface area (Å²) >= 11 is 1.36. The summed E-state index contributed by atoms with van der Waals surface area (Å²) in [7, 11) is 0. The van der Waals surface area contributed by atoms with Crippen molar-refractivity contribution in [3.8, 4) is 0 Å². The van der Waals surface area contributed by atoms with E-state index in [0.29, 0.717) is 5.75 Å². The van der Waals surface area contributed by atoms with E-state index in [0.717, 1.165) is 0 Å². The third-order valence-corrected chi connectivity index (χ3v) is 5.25. The first kappa shape index (κ1) is 31.1. The number of thioether (sulfide) groups is 1. The quantitative estimate of drug-likeness (QED) is 0.0992. The molecule has 0 fully saturated rings. The minimum atomic E-state index is -1.61. The van der Waals surface area contributed by atoms with Crippen molar-refractivity contribution < 1.29 is 44.1 Å². The minimum absolute atomic E-state index is 0.0967. The SMILES string of the molecule is CSCCC(NC(=O)C(CCC(N)=O)NC(=O)C(N)CCC(=O)O)C(=O)NC(C(=O)O)C(C)O. The Morgan fingerprint density at radius 3 is 1.85 bits per heavy atom. The molecule has 0 saturated carbocycles. The normalized spacial score (nSPS) is 15.2. The van der Waals surface area contributed by atoms with E-state index in [1.54, 1.807) is 6.26 Å². The molecule has 10 N–H and O–H groups in total. The topological polar surface area (TPSA) is 251 Å². The van der Waals surface area contributed by atoms with Crippen molar-refractivity contribution in [2.24, 2.45) is 11.5 Å². The van der Waals surface area contributed by atoms with Crippen molar-refractivity contribution in [3.63, 3.8) is 0 Å². The van der Waals surface area contributed by atoms with Gasteiger partial charge < -0.3 is 42.7 Å². The molecular formula is C19H33N5O9S. The molecule has 0 rings (SSSR count). The van der Waals surface area contributed by atoms with Gasteiger partial charge in [0.25, 0.3) is 0 Å². The van der Waals surface area contributed by atoms with E-state index >= 15 is 0 Å². The summed E-state index contributed by atoms with van der Waals surface area (Å²) in [4.78, 5) is 70.9. The van der Waals surface area contributed by atoms with Crippen LogP contribution in [0.3, 0.4) is 0 Å². The minimum Gasteiger partial charge on any atom is -0.481 e. The maximum absolute atomic E-state index is 12.8. The number of carboxylic acid groups (broad SMARTS) is 2. The molecule has 0 saturated heterocycles. The van der Waals surface area contributed by atoms with E-state index in [9.17, 15) is 33.9 Å². The van der Waals surface area contributed by atoms with Gasteiger partial charge in [-0.05, 0) is 38.2 Å². The van der Waals surface area contributed by atoms with E-state index in [2.05, 4.69) is 16.0 Å². The largest absolute Gasteiger partial charge is 0.481 e. The number of aliphatic carboxylic acids is 2. The Balaban J connectivity index is 5.49. The number of primary amides is 1. The van der Waals surface area contributed by atoms with Crippen LogP contribution >= 0.6 is 11.8 Å². The maximum atomic E-state index is 12.8. The van der Waals surface area contributed by atoms with Gasteiger partial charge in [0.1, 0.15) is 12.1 Å². The van der Waals surface area contributed by atoms with Gasteiger partial charge in [0.05, 0.1) is 12.1 Å². The van der Waals surface area contributed by atoms with Crippen LogP contribution in [-0.2, 0) is 28.8 Å². The number of hydrogen-bond donors (Lipinski definition) is 8.